The van der Waals surface area contributed by atoms with E-state index in [2.05, 4.69) is 0 Å². The number of Topliss-reactive ketones (excluding diaryl/α,β-unsaturated/α-hetero) is 1. The van der Waals surface area contributed by atoms with E-state index in [0.29, 0.717) is 17.1 Å². The summed E-state index contributed by atoms with van der Waals surface area (Å²) in [5, 5.41) is 0. The largest absolute Gasteiger partial charge is 0.497 e. The second kappa shape index (κ2) is 9.20. The Morgan fingerprint density at radius 1 is 0.786 bits per heavy atom. The summed E-state index contributed by atoms with van der Waals surface area (Å²) in [6.07, 6.45) is -1.02. The molecule has 0 heterocycles. The number of ketones is 1. The first kappa shape index (κ1) is 19.6. The van der Waals surface area contributed by atoms with Crippen molar-refractivity contribution in [3.05, 3.63) is 95.6 Å². The van der Waals surface area contributed by atoms with Crippen molar-refractivity contribution in [3.63, 3.8) is 0 Å². The first-order valence-corrected chi connectivity index (χ1v) is 9.15. The van der Waals surface area contributed by atoms with Gasteiger partial charge in [0.2, 0.25) is 0 Å². The van der Waals surface area contributed by atoms with Gasteiger partial charge >= 0.3 is 0 Å². The molecule has 0 aliphatic rings. The summed E-state index contributed by atoms with van der Waals surface area (Å²) in [7, 11) is 3.11. The minimum Gasteiger partial charge on any atom is -0.497 e. The lowest BCUT2D eigenvalue weighted by Crippen LogP contribution is -2.24. The molecule has 0 fully saturated rings. The summed E-state index contributed by atoms with van der Waals surface area (Å²) < 4.78 is 16.9. The van der Waals surface area contributed by atoms with E-state index in [-0.39, 0.29) is 11.9 Å². The minimum atomic E-state index is -0.675. The number of carbonyl (C=O) groups is 1. The molecule has 0 bridgehead atoms. The van der Waals surface area contributed by atoms with Crippen LogP contribution < -0.4 is 9.47 Å². The maximum atomic E-state index is 13.1. The van der Waals surface area contributed by atoms with E-state index < -0.39 is 6.10 Å². The standard InChI is InChI=1S/C24H24O4/c1-17(23(25)21-16-20(26-2)14-15-22(21)27-3)28-24(18-10-6-4-7-11-18)19-12-8-5-9-13-19/h4-17,24H,1-3H3/t17-/m0/s1. The second-order valence-corrected chi connectivity index (χ2v) is 6.41. The Morgan fingerprint density at radius 3 is 1.86 bits per heavy atom. The van der Waals surface area contributed by atoms with Gasteiger partial charge in [-0.2, -0.15) is 0 Å². The predicted octanol–water partition coefficient (Wildman–Crippen LogP) is 5.08. The van der Waals surface area contributed by atoms with Crippen molar-refractivity contribution in [2.24, 2.45) is 0 Å². The lowest BCUT2D eigenvalue weighted by atomic mass is 10.00. The van der Waals surface area contributed by atoms with Crippen LogP contribution in [0, 0.1) is 0 Å². The molecule has 144 valence electrons. The molecule has 1 atom stereocenters. The molecule has 0 aliphatic carbocycles. The van der Waals surface area contributed by atoms with Crippen LogP contribution in [0.25, 0.3) is 0 Å². The lowest BCUT2D eigenvalue weighted by Gasteiger charge is -2.23. The van der Waals surface area contributed by atoms with Gasteiger partial charge in [0.05, 0.1) is 19.8 Å². The molecule has 0 amide bonds. The fourth-order valence-corrected chi connectivity index (χ4v) is 3.10. The molecule has 28 heavy (non-hydrogen) atoms. The van der Waals surface area contributed by atoms with Crippen LogP contribution in [-0.2, 0) is 4.74 Å². The molecule has 0 spiro atoms. The van der Waals surface area contributed by atoms with Crippen LogP contribution in [0.15, 0.2) is 78.9 Å². The van der Waals surface area contributed by atoms with Gasteiger partial charge in [0.1, 0.15) is 23.7 Å². The van der Waals surface area contributed by atoms with Gasteiger partial charge in [-0.25, -0.2) is 0 Å². The van der Waals surface area contributed by atoms with Gasteiger partial charge in [-0.15, -0.1) is 0 Å². The summed E-state index contributed by atoms with van der Waals surface area (Å²) in [5.74, 6) is 0.934. The number of rotatable bonds is 8. The van der Waals surface area contributed by atoms with Gasteiger partial charge in [-0.3, -0.25) is 4.79 Å². The number of methoxy groups -OCH3 is 2. The van der Waals surface area contributed by atoms with E-state index >= 15 is 0 Å². The molecule has 0 saturated carbocycles. The zero-order valence-corrected chi connectivity index (χ0v) is 16.3. The van der Waals surface area contributed by atoms with E-state index in [1.165, 1.54) is 0 Å². The quantitative estimate of drug-likeness (QED) is 0.514. The number of hydrogen-bond donors (Lipinski definition) is 0. The van der Waals surface area contributed by atoms with Gasteiger partial charge in [0.15, 0.2) is 5.78 Å². The Kier molecular flexibility index (Phi) is 6.45. The van der Waals surface area contributed by atoms with Crippen LogP contribution in [0.2, 0.25) is 0 Å². The molecule has 0 aromatic heterocycles. The zero-order chi connectivity index (χ0) is 19.9. The van der Waals surface area contributed by atoms with Crippen LogP contribution in [-0.4, -0.2) is 26.1 Å². The van der Waals surface area contributed by atoms with E-state index in [4.69, 9.17) is 14.2 Å². The molecule has 3 aromatic rings. The topological polar surface area (TPSA) is 44.8 Å². The zero-order valence-electron chi connectivity index (χ0n) is 16.3. The third-order valence-corrected chi connectivity index (χ3v) is 4.59. The average Bonchev–Trinajstić information content (AvgIpc) is 2.77. The Hall–Kier alpha value is -3.11. The highest BCUT2D eigenvalue weighted by atomic mass is 16.5. The summed E-state index contributed by atoms with van der Waals surface area (Å²) in [6, 6.07) is 25.0. The monoisotopic (exact) mass is 376 g/mol. The van der Waals surface area contributed by atoms with E-state index in [1.807, 2.05) is 60.7 Å². The molecule has 4 nitrogen and oxygen atoms in total. The van der Waals surface area contributed by atoms with Crippen molar-refractivity contribution in [2.45, 2.75) is 19.1 Å². The Bertz CT molecular complexity index is 867. The van der Waals surface area contributed by atoms with Gasteiger partial charge in [-0.1, -0.05) is 60.7 Å². The van der Waals surface area contributed by atoms with Crippen LogP contribution in [0.3, 0.4) is 0 Å². The van der Waals surface area contributed by atoms with Crippen molar-refractivity contribution in [3.8, 4) is 11.5 Å². The molecule has 0 aliphatic heterocycles. The first-order valence-electron chi connectivity index (χ1n) is 9.15. The Morgan fingerprint density at radius 2 is 1.36 bits per heavy atom. The molecule has 0 N–H and O–H groups in total. The summed E-state index contributed by atoms with van der Waals surface area (Å²) in [5.41, 5.74) is 2.42. The van der Waals surface area contributed by atoms with Crippen molar-refractivity contribution in [1.82, 2.24) is 0 Å². The van der Waals surface area contributed by atoms with Crippen LogP contribution in [0.4, 0.5) is 0 Å². The van der Waals surface area contributed by atoms with Crippen molar-refractivity contribution < 1.29 is 19.0 Å². The number of hydrogen-bond acceptors (Lipinski definition) is 4. The third-order valence-electron chi connectivity index (χ3n) is 4.59. The molecule has 0 radical (unpaired) electrons. The fourth-order valence-electron chi connectivity index (χ4n) is 3.10. The second-order valence-electron chi connectivity index (χ2n) is 6.41. The van der Waals surface area contributed by atoms with Gasteiger partial charge in [0, 0.05) is 0 Å². The number of carbonyl (C=O) groups excluding carboxylic acids is 1. The fraction of sp³-hybridized carbons (Fsp3) is 0.208. The van der Waals surface area contributed by atoms with E-state index in [0.717, 1.165) is 11.1 Å². The highest BCUT2D eigenvalue weighted by Gasteiger charge is 2.25. The molecule has 0 saturated heterocycles. The summed E-state index contributed by atoms with van der Waals surface area (Å²) in [4.78, 5) is 13.1. The lowest BCUT2D eigenvalue weighted by molar-refractivity contribution is 0.0203. The third kappa shape index (κ3) is 4.41. The number of benzene rings is 3. The molecule has 3 aromatic carbocycles. The Balaban J connectivity index is 1.90. The first-order chi connectivity index (χ1) is 13.6. The van der Waals surface area contributed by atoms with Crippen LogP contribution in [0.5, 0.6) is 11.5 Å². The average molecular weight is 376 g/mol. The smallest absolute Gasteiger partial charge is 0.195 e. The van der Waals surface area contributed by atoms with Crippen LogP contribution in [0.1, 0.15) is 34.5 Å². The van der Waals surface area contributed by atoms with Crippen molar-refractivity contribution in [2.75, 3.05) is 14.2 Å². The molecular weight excluding hydrogens is 352 g/mol. The number of ether oxygens (including phenoxy) is 3. The maximum absolute atomic E-state index is 13.1. The minimum absolute atomic E-state index is 0.160. The summed E-state index contributed by atoms with van der Waals surface area (Å²) >= 11 is 0. The van der Waals surface area contributed by atoms with Gasteiger partial charge in [0.25, 0.3) is 0 Å². The highest BCUT2D eigenvalue weighted by Crippen LogP contribution is 2.30. The van der Waals surface area contributed by atoms with Gasteiger partial charge in [-0.05, 0) is 36.2 Å². The predicted molar refractivity (Wildman–Crippen MR) is 109 cm³/mol. The van der Waals surface area contributed by atoms with Crippen molar-refractivity contribution >= 4 is 5.78 Å². The van der Waals surface area contributed by atoms with E-state index in [9.17, 15) is 4.79 Å². The normalized spacial score (nSPS) is 11.9. The van der Waals surface area contributed by atoms with Crippen LogP contribution >= 0.6 is 0 Å². The highest BCUT2D eigenvalue weighted by molar-refractivity contribution is 6.02. The summed E-state index contributed by atoms with van der Waals surface area (Å²) in [6.45, 7) is 1.76. The van der Waals surface area contributed by atoms with Gasteiger partial charge < -0.3 is 14.2 Å². The van der Waals surface area contributed by atoms with E-state index in [1.54, 1.807) is 39.3 Å². The molecule has 3 rings (SSSR count). The molecular formula is C24H24O4. The SMILES string of the molecule is COc1ccc(OC)c(C(=O)[C@H](C)OC(c2ccccc2)c2ccccc2)c1. The maximum Gasteiger partial charge on any atom is 0.195 e. The molecule has 4 heteroatoms. The molecule has 0 unspecified atom stereocenters. The van der Waals surface area contributed by atoms with Crippen molar-refractivity contribution in [1.29, 1.82) is 0 Å². The Labute approximate surface area is 165 Å².